The molecule has 0 aromatic heterocycles. The molecule has 1 unspecified atom stereocenters. The third kappa shape index (κ3) is 7.09. The highest BCUT2D eigenvalue weighted by Gasteiger charge is 2.20. The van der Waals surface area contributed by atoms with Gasteiger partial charge in [0, 0.05) is 19.6 Å². The Morgan fingerprint density at radius 3 is 2.60 bits per heavy atom. The molecule has 1 saturated heterocycles. The predicted molar refractivity (Wildman–Crippen MR) is 88.9 cm³/mol. The van der Waals surface area contributed by atoms with Gasteiger partial charge in [-0.3, -0.25) is 4.79 Å². The summed E-state index contributed by atoms with van der Waals surface area (Å²) in [6.07, 6.45) is 2.96. The van der Waals surface area contributed by atoms with E-state index in [9.17, 15) is 19.1 Å². The van der Waals surface area contributed by atoms with Gasteiger partial charge in [-0.25, -0.2) is 9.18 Å². The van der Waals surface area contributed by atoms with Crippen LogP contribution in [0.1, 0.15) is 32.1 Å². The molecule has 1 aliphatic heterocycles. The zero-order valence-corrected chi connectivity index (χ0v) is 14.1. The summed E-state index contributed by atoms with van der Waals surface area (Å²) in [6, 6.07) is 5.06. The van der Waals surface area contributed by atoms with Gasteiger partial charge in [-0.1, -0.05) is 0 Å². The lowest BCUT2D eigenvalue weighted by atomic mass is 9.94. The quantitative estimate of drug-likeness (QED) is 0.712. The second-order valence-electron chi connectivity index (χ2n) is 6.15. The van der Waals surface area contributed by atoms with Gasteiger partial charge in [0.15, 0.2) is 0 Å². The van der Waals surface area contributed by atoms with Crippen LogP contribution in [-0.2, 0) is 14.3 Å². The van der Waals surface area contributed by atoms with Crippen LogP contribution in [0.2, 0.25) is 0 Å². The van der Waals surface area contributed by atoms with Gasteiger partial charge in [0.05, 0.1) is 6.54 Å². The van der Waals surface area contributed by atoms with Crippen molar-refractivity contribution in [3.8, 4) is 5.75 Å². The minimum Gasteiger partial charge on any atom is -0.478 e. The van der Waals surface area contributed by atoms with Gasteiger partial charge < -0.3 is 19.9 Å². The average molecular weight is 353 g/mol. The molecule has 7 heteroatoms. The van der Waals surface area contributed by atoms with E-state index in [-0.39, 0.29) is 18.2 Å². The summed E-state index contributed by atoms with van der Waals surface area (Å²) in [6.45, 7) is 1.44. The number of amides is 1. The zero-order valence-electron chi connectivity index (χ0n) is 14.1. The molecular formula is C18H24FNO5. The van der Waals surface area contributed by atoms with E-state index in [0.29, 0.717) is 12.3 Å². The van der Waals surface area contributed by atoms with Gasteiger partial charge in [0.1, 0.15) is 11.6 Å². The van der Waals surface area contributed by atoms with Gasteiger partial charge in [-0.2, -0.15) is 0 Å². The molecule has 1 aromatic rings. The number of carboxylic acids is 1. The maximum Gasteiger partial charge on any atom is 0.346 e. The Morgan fingerprint density at radius 1 is 1.28 bits per heavy atom. The fourth-order valence-corrected chi connectivity index (χ4v) is 2.74. The van der Waals surface area contributed by atoms with E-state index in [1.165, 1.54) is 24.3 Å². The molecule has 0 bridgehead atoms. The van der Waals surface area contributed by atoms with Crippen molar-refractivity contribution in [1.29, 1.82) is 0 Å². The molecule has 6 nitrogen and oxygen atoms in total. The summed E-state index contributed by atoms with van der Waals surface area (Å²) in [5, 5.41) is 11.8. The lowest BCUT2D eigenvalue weighted by Gasteiger charge is -2.21. The normalized spacial score (nSPS) is 16.2. The van der Waals surface area contributed by atoms with E-state index in [4.69, 9.17) is 9.47 Å². The molecule has 1 aromatic carbocycles. The Bertz CT molecular complexity index is 557. The maximum absolute atomic E-state index is 12.9. The molecule has 2 rings (SSSR count). The van der Waals surface area contributed by atoms with Crippen molar-refractivity contribution < 1.29 is 28.6 Å². The first kappa shape index (κ1) is 19.2. The van der Waals surface area contributed by atoms with Crippen molar-refractivity contribution in [2.75, 3.05) is 19.8 Å². The van der Waals surface area contributed by atoms with Crippen molar-refractivity contribution in [1.82, 2.24) is 5.32 Å². The molecular weight excluding hydrogens is 329 g/mol. The third-order valence-corrected chi connectivity index (χ3v) is 4.21. The summed E-state index contributed by atoms with van der Waals surface area (Å²) >= 11 is 0. The van der Waals surface area contributed by atoms with Crippen molar-refractivity contribution in [3.05, 3.63) is 30.1 Å². The Hall–Kier alpha value is -2.15. The highest BCUT2D eigenvalue weighted by atomic mass is 19.1. The van der Waals surface area contributed by atoms with Crippen molar-refractivity contribution in [2.24, 2.45) is 5.92 Å². The SMILES string of the molecule is O=C(CCCC1CCOCC1)NCC(Oc1ccc(F)cc1)C(=O)O. The van der Waals surface area contributed by atoms with Gasteiger partial charge in [-0.15, -0.1) is 0 Å². The molecule has 1 heterocycles. The predicted octanol–water partition coefficient (Wildman–Crippen LogP) is 2.37. The number of carbonyl (C=O) groups excluding carboxylic acids is 1. The van der Waals surface area contributed by atoms with Crippen molar-refractivity contribution >= 4 is 11.9 Å². The first-order valence-corrected chi connectivity index (χ1v) is 8.54. The van der Waals surface area contributed by atoms with Crippen LogP contribution in [0.25, 0.3) is 0 Å². The largest absolute Gasteiger partial charge is 0.478 e. The zero-order chi connectivity index (χ0) is 18.1. The third-order valence-electron chi connectivity index (χ3n) is 4.21. The molecule has 1 fully saturated rings. The summed E-state index contributed by atoms with van der Waals surface area (Å²) in [5.41, 5.74) is 0. The molecule has 1 aliphatic rings. The van der Waals surface area contributed by atoms with Crippen molar-refractivity contribution in [2.45, 2.75) is 38.2 Å². The number of halogens is 1. The van der Waals surface area contributed by atoms with Crippen LogP contribution in [-0.4, -0.2) is 42.8 Å². The van der Waals surface area contributed by atoms with Gasteiger partial charge in [-0.05, 0) is 55.9 Å². The standard InChI is InChI=1S/C18H24FNO5/c19-14-4-6-15(7-5-14)25-16(18(22)23)12-20-17(21)3-1-2-13-8-10-24-11-9-13/h4-7,13,16H,1-3,8-12H2,(H,20,21)(H,22,23). The lowest BCUT2D eigenvalue weighted by molar-refractivity contribution is -0.145. The molecule has 0 saturated carbocycles. The van der Waals surface area contributed by atoms with E-state index >= 15 is 0 Å². The Morgan fingerprint density at radius 2 is 1.96 bits per heavy atom. The summed E-state index contributed by atoms with van der Waals surface area (Å²) in [4.78, 5) is 23.1. The van der Waals surface area contributed by atoms with E-state index in [2.05, 4.69) is 5.32 Å². The number of ether oxygens (including phenoxy) is 2. The summed E-state index contributed by atoms with van der Waals surface area (Å²) in [5.74, 6) is -0.970. The lowest BCUT2D eigenvalue weighted by Crippen LogP contribution is -2.40. The maximum atomic E-state index is 12.9. The molecule has 1 amide bonds. The number of aliphatic carboxylic acids is 1. The summed E-state index contributed by atoms with van der Waals surface area (Å²) in [7, 11) is 0. The van der Waals surface area contributed by atoms with Gasteiger partial charge >= 0.3 is 5.97 Å². The van der Waals surface area contributed by atoms with Crippen LogP contribution in [0, 0.1) is 11.7 Å². The van der Waals surface area contributed by atoms with Gasteiger partial charge in [0.2, 0.25) is 12.0 Å². The van der Waals surface area contributed by atoms with E-state index in [1.807, 2.05) is 0 Å². The van der Waals surface area contributed by atoms with Crippen LogP contribution < -0.4 is 10.1 Å². The highest BCUT2D eigenvalue weighted by molar-refractivity contribution is 5.78. The van der Waals surface area contributed by atoms with Crippen LogP contribution in [0.15, 0.2) is 24.3 Å². The highest BCUT2D eigenvalue weighted by Crippen LogP contribution is 2.20. The van der Waals surface area contributed by atoms with Crippen LogP contribution in [0.3, 0.4) is 0 Å². The van der Waals surface area contributed by atoms with Crippen LogP contribution in [0.5, 0.6) is 5.75 Å². The van der Waals surface area contributed by atoms with E-state index in [1.54, 1.807) is 0 Å². The van der Waals surface area contributed by atoms with Crippen LogP contribution >= 0.6 is 0 Å². The number of nitrogens with one attached hydrogen (secondary N) is 1. The smallest absolute Gasteiger partial charge is 0.346 e. The fourth-order valence-electron chi connectivity index (χ4n) is 2.74. The topological polar surface area (TPSA) is 84.9 Å². The second-order valence-corrected chi connectivity index (χ2v) is 6.15. The average Bonchev–Trinajstić information content (AvgIpc) is 2.61. The molecule has 25 heavy (non-hydrogen) atoms. The number of carbonyl (C=O) groups is 2. The van der Waals surface area contributed by atoms with E-state index < -0.39 is 17.9 Å². The number of hydrogen-bond donors (Lipinski definition) is 2. The molecule has 1 atom stereocenters. The number of carboxylic acid groups (broad SMARTS) is 1. The minimum atomic E-state index is -1.22. The number of rotatable bonds is 9. The summed E-state index contributed by atoms with van der Waals surface area (Å²) < 4.78 is 23.4. The minimum absolute atomic E-state index is 0.136. The Balaban J connectivity index is 1.69. The van der Waals surface area contributed by atoms with Crippen LogP contribution in [0.4, 0.5) is 4.39 Å². The first-order valence-electron chi connectivity index (χ1n) is 8.54. The fraction of sp³-hybridized carbons (Fsp3) is 0.556. The van der Waals surface area contributed by atoms with Crippen molar-refractivity contribution in [3.63, 3.8) is 0 Å². The molecule has 0 spiro atoms. The first-order chi connectivity index (χ1) is 12.0. The molecule has 2 N–H and O–H groups in total. The van der Waals surface area contributed by atoms with E-state index in [0.717, 1.165) is 38.9 Å². The van der Waals surface area contributed by atoms with Gasteiger partial charge in [0.25, 0.3) is 0 Å². The monoisotopic (exact) mass is 353 g/mol. The molecule has 138 valence electrons. The number of hydrogen-bond acceptors (Lipinski definition) is 4. The Labute approximate surface area is 146 Å². The molecule has 0 aliphatic carbocycles. The molecule has 0 radical (unpaired) electrons. The second kappa shape index (κ2) is 9.98. The Kier molecular flexibility index (Phi) is 7.66. The number of benzene rings is 1.